The average molecular weight is 492 g/mol. The number of halogens is 3. The van der Waals surface area contributed by atoms with Gasteiger partial charge >= 0.3 is 0 Å². The van der Waals surface area contributed by atoms with Crippen LogP contribution in [-0.4, -0.2) is 64.8 Å². The maximum atomic E-state index is 15.2. The molecular weight excluding hydrogens is 464 g/mol. The first-order chi connectivity index (χ1) is 15.7. The summed E-state index contributed by atoms with van der Waals surface area (Å²) in [6.07, 6.45) is 0.306. The van der Waals surface area contributed by atoms with Crippen LogP contribution in [-0.2, 0) is 6.42 Å². The molecular formula is C24H28Cl2FN5O. The fourth-order valence-electron chi connectivity index (χ4n) is 4.37. The number of hydrogen-bond donors (Lipinski definition) is 0. The molecule has 3 aromatic rings. The molecule has 0 saturated carbocycles. The Labute approximate surface area is 203 Å². The average Bonchev–Trinajstić information content (AvgIpc) is 3.27. The minimum absolute atomic E-state index is 0.00247. The molecule has 1 aliphatic rings. The number of likely N-dealkylation sites (N-methyl/N-ethyl adjacent to an activating group) is 2. The van der Waals surface area contributed by atoms with E-state index in [9.17, 15) is 0 Å². The van der Waals surface area contributed by atoms with Crippen LogP contribution in [0.4, 0.5) is 4.39 Å². The number of aryl methyl sites for hydroxylation is 2. The molecule has 176 valence electrons. The van der Waals surface area contributed by atoms with Crippen molar-refractivity contribution < 1.29 is 9.13 Å². The summed E-state index contributed by atoms with van der Waals surface area (Å²) in [6.45, 7) is 5.40. The Morgan fingerprint density at radius 2 is 1.76 bits per heavy atom. The second kappa shape index (κ2) is 9.58. The molecule has 2 atom stereocenters. The number of nitrogens with zero attached hydrogens (tertiary/aromatic N) is 5. The molecule has 0 bridgehead atoms. The molecule has 1 aromatic heterocycles. The van der Waals surface area contributed by atoms with Gasteiger partial charge in [0.05, 0.1) is 11.7 Å². The van der Waals surface area contributed by atoms with Gasteiger partial charge in [-0.2, -0.15) is 0 Å². The Morgan fingerprint density at radius 1 is 1.06 bits per heavy atom. The zero-order valence-electron chi connectivity index (χ0n) is 19.4. The first kappa shape index (κ1) is 24.0. The Kier molecular flexibility index (Phi) is 6.96. The van der Waals surface area contributed by atoms with Gasteiger partial charge in [-0.25, -0.2) is 4.39 Å². The van der Waals surface area contributed by atoms with E-state index in [1.807, 2.05) is 40.1 Å². The van der Waals surface area contributed by atoms with Gasteiger partial charge in [-0.3, -0.25) is 9.47 Å². The highest BCUT2D eigenvalue weighted by Gasteiger charge is 2.38. The van der Waals surface area contributed by atoms with Crippen LogP contribution in [0.2, 0.25) is 10.0 Å². The number of rotatable bonds is 7. The highest BCUT2D eigenvalue weighted by atomic mass is 35.5. The fraction of sp³-hybridized carbons (Fsp3) is 0.417. The van der Waals surface area contributed by atoms with Crippen LogP contribution >= 0.6 is 23.2 Å². The zero-order chi connectivity index (χ0) is 23.9. The summed E-state index contributed by atoms with van der Waals surface area (Å²) in [5.74, 6) is 1.12. The van der Waals surface area contributed by atoms with E-state index in [-0.39, 0.29) is 11.8 Å². The van der Waals surface area contributed by atoms with Gasteiger partial charge in [0.1, 0.15) is 17.8 Å². The number of benzene rings is 2. The van der Waals surface area contributed by atoms with Crippen molar-refractivity contribution in [2.75, 3.05) is 34.2 Å². The summed E-state index contributed by atoms with van der Waals surface area (Å²) in [4.78, 5) is 4.37. The maximum Gasteiger partial charge on any atom is 0.167 e. The van der Waals surface area contributed by atoms with Crippen molar-refractivity contribution in [1.82, 2.24) is 24.6 Å². The van der Waals surface area contributed by atoms with Crippen LogP contribution < -0.4 is 4.74 Å². The highest BCUT2D eigenvalue weighted by molar-refractivity contribution is 6.35. The minimum atomic E-state index is -0.448. The molecule has 0 spiro atoms. The lowest BCUT2D eigenvalue weighted by molar-refractivity contribution is 0.0875. The third-order valence-corrected chi connectivity index (χ3v) is 6.70. The molecule has 0 radical (unpaired) electrons. The van der Waals surface area contributed by atoms with E-state index in [1.54, 1.807) is 16.7 Å². The van der Waals surface area contributed by atoms with Crippen LogP contribution in [0.25, 0.3) is 5.69 Å². The third-order valence-electron chi connectivity index (χ3n) is 6.14. The predicted molar refractivity (Wildman–Crippen MR) is 129 cm³/mol. The second-order valence-corrected chi connectivity index (χ2v) is 9.64. The molecule has 0 aliphatic heterocycles. The Bertz CT molecular complexity index is 1150. The quantitative estimate of drug-likeness (QED) is 0.471. The van der Waals surface area contributed by atoms with E-state index in [1.165, 1.54) is 6.07 Å². The smallest absolute Gasteiger partial charge is 0.167 e. The second-order valence-electron chi connectivity index (χ2n) is 8.79. The molecule has 0 saturated heterocycles. The third kappa shape index (κ3) is 4.87. The monoisotopic (exact) mass is 491 g/mol. The lowest BCUT2D eigenvalue weighted by Gasteiger charge is -2.31. The Morgan fingerprint density at radius 3 is 2.39 bits per heavy atom. The molecule has 1 heterocycles. The molecule has 33 heavy (non-hydrogen) atoms. The summed E-state index contributed by atoms with van der Waals surface area (Å²) < 4.78 is 23.4. The van der Waals surface area contributed by atoms with Gasteiger partial charge in [-0.1, -0.05) is 23.2 Å². The molecule has 2 aromatic carbocycles. The van der Waals surface area contributed by atoms with E-state index in [4.69, 9.17) is 27.9 Å². The van der Waals surface area contributed by atoms with Crippen LogP contribution in [0.5, 0.6) is 5.75 Å². The molecule has 0 unspecified atom stereocenters. The SMILES string of the molecule is Cc1nnc(C)n1-c1ccc(O[C@H]2c3cc(Cl)cc(Cl)c3C[C@@H]2N(C)CCN(C)C)c(F)c1. The van der Waals surface area contributed by atoms with Crippen molar-refractivity contribution >= 4 is 23.2 Å². The summed E-state index contributed by atoms with van der Waals surface area (Å²) in [6, 6.07) is 8.55. The van der Waals surface area contributed by atoms with E-state index < -0.39 is 11.9 Å². The molecule has 0 fully saturated rings. The standard InChI is InChI=1S/C24H28Cl2FN5O/c1-14-28-29-15(2)32(14)17-6-7-23(21(27)12-17)33-24-19-10-16(25)11-20(26)18(19)13-22(24)31(5)9-8-30(3)4/h6-7,10-12,22,24H,8-9,13H2,1-5H3/t22-,24-/m0/s1. The van der Waals surface area contributed by atoms with E-state index in [0.717, 1.165) is 24.2 Å². The van der Waals surface area contributed by atoms with Crippen LogP contribution in [0.15, 0.2) is 30.3 Å². The zero-order valence-corrected chi connectivity index (χ0v) is 21.0. The largest absolute Gasteiger partial charge is 0.481 e. The number of hydrogen-bond acceptors (Lipinski definition) is 5. The van der Waals surface area contributed by atoms with Crippen molar-refractivity contribution in [2.45, 2.75) is 32.4 Å². The molecule has 0 amide bonds. The lowest BCUT2D eigenvalue weighted by atomic mass is 10.1. The van der Waals surface area contributed by atoms with Gasteiger partial charge in [0.25, 0.3) is 0 Å². The van der Waals surface area contributed by atoms with E-state index >= 15 is 4.39 Å². The summed E-state index contributed by atoms with van der Waals surface area (Å²) in [7, 11) is 6.14. The van der Waals surface area contributed by atoms with Crippen molar-refractivity contribution in [1.29, 1.82) is 0 Å². The first-order valence-corrected chi connectivity index (χ1v) is 11.6. The number of aromatic nitrogens is 3. The predicted octanol–water partition coefficient (Wildman–Crippen LogP) is 4.87. The van der Waals surface area contributed by atoms with Gasteiger partial charge in [0.15, 0.2) is 11.6 Å². The normalized spacial score (nSPS) is 17.8. The molecule has 1 aliphatic carbocycles. The van der Waals surface area contributed by atoms with E-state index in [0.29, 0.717) is 33.8 Å². The van der Waals surface area contributed by atoms with Crippen molar-refractivity contribution in [3.05, 3.63) is 69.0 Å². The molecule has 6 nitrogen and oxygen atoms in total. The van der Waals surface area contributed by atoms with Crippen molar-refractivity contribution in [3.8, 4) is 11.4 Å². The molecule has 4 rings (SSSR count). The van der Waals surface area contributed by atoms with Crippen LogP contribution in [0.1, 0.15) is 28.9 Å². The molecule has 0 N–H and O–H groups in total. The number of ether oxygens (including phenoxy) is 1. The van der Waals surface area contributed by atoms with Gasteiger partial charge in [0, 0.05) is 34.8 Å². The van der Waals surface area contributed by atoms with Gasteiger partial charge in [-0.15, -0.1) is 10.2 Å². The summed E-state index contributed by atoms with van der Waals surface area (Å²) >= 11 is 12.8. The minimum Gasteiger partial charge on any atom is -0.481 e. The Hall–Kier alpha value is -2.19. The van der Waals surface area contributed by atoms with Crippen molar-refractivity contribution in [2.24, 2.45) is 0 Å². The fourth-order valence-corrected chi connectivity index (χ4v) is 4.96. The van der Waals surface area contributed by atoms with Gasteiger partial charge in [0.2, 0.25) is 0 Å². The first-order valence-electron chi connectivity index (χ1n) is 10.8. The maximum absolute atomic E-state index is 15.2. The van der Waals surface area contributed by atoms with Gasteiger partial charge < -0.3 is 9.64 Å². The van der Waals surface area contributed by atoms with Crippen LogP contribution in [0, 0.1) is 19.7 Å². The molecule has 9 heteroatoms. The van der Waals surface area contributed by atoms with E-state index in [2.05, 4.69) is 27.0 Å². The Balaban J connectivity index is 1.66. The van der Waals surface area contributed by atoms with Gasteiger partial charge in [-0.05, 0) is 71.2 Å². The van der Waals surface area contributed by atoms with Crippen molar-refractivity contribution in [3.63, 3.8) is 0 Å². The number of fused-ring (bicyclic) bond motifs is 1. The lowest BCUT2D eigenvalue weighted by Crippen LogP contribution is -2.40. The topological polar surface area (TPSA) is 46.4 Å². The summed E-state index contributed by atoms with van der Waals surface area (Å²) in [5.41, 5.74) is 2.56. The van der Waals surface area contributed by atoms with Crippen LogP contribution in [0.3, 0.4) is 0 Å². The highest BCUT2D eigenvalue weighted by Crippen LogP contribution is 2.42. The summed E-state index contributed by atoms with van der Waals surface area (Å²) in [5, 5.41) is 9.26.